The smallest absolute Gasteiger partial charge is 0.338 e. The fourth-order valence-corrected chi connectivity index (χ4v) is 3.68. The van der Waals surface area contributed by atoms with E-state index in [1.807, 2.05) is 0 Å². The van der Waals surface area contributed by atoms with E-state index in [2.05, 4.69) is 4.72 Å². The van der Waals surface area contributed by atoms with Crippen molar-refractivity contribution in [3.05, 3.63) is 23.8 Å². The van der Waals surface area contributed by atoms with Crippen LogP contribution < -0.4 is 4.72 Å². The lowest BCUT2D eigenvalue weighted by atomic mass is 10.2. The Kier molecular flexibility index (Phi) is 5.48. The van der Waals surface area contributed by atoms with Gasteiger partial charge in [0, 0.05) is 7.11 Å². The van der Waals surface area contributed by atoms with E-state index in [0.717, 1.165) is 12.8 Å². The second kappa shape index (κ2) is 7.18. The number of hydrogen-bond donors (Lipinski definition) is 2. The molecule has 8 heteroatoms. The highest BCUT2D eigenvalue weighted by Crippen LogP contribution is 2.35. The largest absolute Gasteiger partial charge is 0.506 e. The van der Waals surface area contributed by atoms with Gasteiger partial charge in [0.05, 0.1) is 29.7 Å². The zero-order chi connectivity index (χ0) is 17.0. The number of ether oxygens (including phenoxy) is 2. The third-order valence-corrected chi connectivity index (χ3v) is 4.91. The van der Waals surface area contributed by atoms with Crippen molar-refractivity contribution < 1.29 is 27.8 Å². The molecule has 0 bridgehead atoms. The van der Waals surface area contributed by atoms with Gasteiger partial charge in [0.15, 0.2) is 0 Å². The predicted molar refractivity (Wildman–Crippen MR) is 85.0 cm³/mol. The first kappa shape index (κ1) is 17.6. The summed E-state index contributed by atoms with van der Waals surface area (Å²) in [7, 11) is -2.18. The van der Waals surface area contributed by atoms with Gasteiger partial charge in [-0.1, -0.05) is 0 Å². The third-order valence-electron chi connectivity index (χ3n) is 3.61. The number of methoxy groups -OCH3 is 1. The minimum absolute atomic E-state index is 0.0173. The number of benzene rings is 1. The first-order valence-electron chi connectivity index (χ1n) is 7.39. The minimum Gasteiger partial charge on any atom is -0.506 e. The van der Waals surface area contributed by atoms with Crippen molar-refractivity contribution in [1.29, 1.82) is 0 Å². The molecular weight excluding hydrogens is 322 g/mol. The van der Waals surface area contributed by atoms with E-state index >= 15 is 0 Å². The first-order valence-corrected chi connectivity index (χ1v) is 9.05. The van der Waals surface area contributed by atoms with E-state index in [1.54, 1.807) is 6.92 Å². The molecule has 0 spiro atoms. The van der Waals surface area contributed by atoms with Crippen LogP contribution in [0.4, 0.5) is 5.69 Å². The second-order valence-electron chi connectivity index (χ2n) is 5.45. The molecule has 23 heavy (non-hydrogen) atoms. The van der Waals surface area contributed by atoms with E-state index in [1.165, 1.54) is 25.3 Å². The molecule has 0 aliphatic heterocycles. The molecule has 2 rings (SSSR count). The number of rotatable bonds is 8. The molecule has 0 heterocycles. The Morgan fingerprint density at radius 1 is 1.43 bits per heavy atom. The number of carbonyl (C=O) groups excluding carboxylic acids is 1. The summed E-state index contributed by atoms with van der Waals surface area (Å²) in [6.07, 6.45) is 1.58. The average molecular weight is 343 g/mol. The molecule has 0 amide bonds. The lowest BCUT2D eigenvalue weighted by Crippen LogP contribution is -2.29. The fraction of sp³-hybridized carbons (Fsp3) is 0.533. The van der Waals surface area contributed by atoms with Crippen LogP contribution in [0.15, 0.2) is 18.2 Å². The molecule has 1 atom stereocenters. The number of aromatic hydroxyl groups is 1. The average Bonchev–Trinajstić information content (AvgIpc) is 3.31. The van der Waals surface area contributed by atoms with Crippen LogP contribution in [0.1, 0.15) is 30.1 Å². The highest BCUT2D eigenvalue weighted by molar-refractivity contribution is 7.92. The first-order chi connectivity index (χ1) is 10.9. The van der Waals surface area contributed by atoms with Crippen molar-refractivity contribution in [1.82, 2.24) is 0 Å². The van der Waals surface area contributed by atoms with Gasteiger partial charge in [-0.25, -0.2) is 13.2 Å². The SMILES string of the molecule is CCOC(=O)c1ccc(NS(=O)(=O)C[C@@H](OC)C2CC2)c(O)c1. The second-order valence-corrected chi connectivity index (χ2v) is 7.21. The lowest BCUT2D eigenvalue weighted by molar-refractivity contribution is 0.0526. The summed E-state index contributed by atoms with van der Waals surface area (Å²) in [5, 5.41) is 9.92. The molecule has 0 aromatic heterocycles. The standard InChI is InChI=1S/C15H21NO6S/c1-3-22-15(18)11-6-7-12(13(17)8-11)16-23(19,20)9-14(21-2)10-4-5-10/h6-8,10,14,16-17H,3-5,9H2,1-2H3/t14-/m1/s1. The quantitative estimate of drug-likeness (QED) is 0.550. The minimum atomic E-state index is -3.67. The molecule has 7 nitrogen and oxygen atoms in total. The molecule has 1 aromatic carbocycles. The van der Waals surface area contributed by atoms with E-state index in [9.17, 15) is 18.3 Å². The van der Waals surface area contributed by atoms with Gasteiger partial charge in [0.2, 0.25) is 10.0 Å². The number of hydrogen-bond acceptors (Lipinski definition) is 6. The van der Waals surface area contributed by atoms with Crippen LogP contribution >= 0.6 is 0 Å². The van der Waals surface area contributed by atoms with Gasteiger partial charge in [-0.05, 0) is 43.9 Å². The van der Waals surface area contributed by atoms with Crippen LogP contribution in [0.2, 0.25) is 0 Å². The molecule has 1 saturated carbocycles. The summed E-state index contributed by atoms with van der Waals surface area (Å²) in [4.78, 5) is 11.6. The van der Waals surface area contributed by atoms with Crippen molar-refractivity contribution in [3.63, 3.8) is 0 Å². The summed E-state index contributed by atoms with van der Waals surface area (Å²) < 4.78 is 36.7. The fourth-order valence-electron chi connectivity index (χ4n) is 2.25. The molecule has 1 fully saturated rings. The van der Waals surface area contributed by atoms with Crippen LogP contribution in [-0.2, 0) is 19.5 Å². The molecule has 1 aromatic rings. The number of nitrogens with one attached hydrogen (secondary N) is 1. The van der Waals surface area contributed by atoms with Gasteiger partial charge in [0.25, 0.3) is 0 Å². The molecular formula is C15H21NO6S. The number of anilines is 1. The van der Waals surface area contributed by atoms with E-state index in [0.29, 0.717) is 0 Å². The summed E-state index contributed by atoms with van der Waals surface area (Å²) >= 11 is 0. The number of sulfonamides is 1. The van der Waals surface area contributed by atoms with Crippen LogP contribution in [0.25, 0.3) is 0 Å². The zero-order valence-corrected chi connectivity index (χ0v) is 13.9. The Balaban J connectivity index is 2.08. The maximum absolute atomic E-state index is 12.2. The molecule has 0 radical (unpaired) electrons. The van der Waals surface area contributed by atoms with Gasteiger partial charge >= 0.3 is 5.97 Å². The van der Waals surface area contributed by atoms with E-state index < -0.39 is 16.0 Å². The molecule has 128 valence electrons. The number of esters is 1. The van der Waals surface area contributed by atoms with Crippen molar-refractivity contribution >= 4 is 21.7 Å². The molecule has 0 saturated heterocycles. The number of carbonyl (C=O) groups is 1. The summed E-state index contributed by atoms with van der Waals surface area (Å²) in [5.41, 5.74) is 0.170. The summed E-state index contributed by atoms with van der Waals surface area (Å²) in [5.74, 6) is -0.811. The lowest BCUT2D eigenvalue weighted by Gasteiger charge is -2.16. The Morgan fingerprint density at radius 2 is 2.13 bits per heavy atom. The van der Waals surface area contributed by atoms with E-state index in [4.69, 9.17) is 9.47 Å². The van der Waals surface area contributed by atoms with Crippen molar-refractivity contribution in [2.24, 2.45) is 5.92 Å². The van der Waals surface area contributed by atoms with Crippen molar-refractivity contribution in [2.45, 2.75) is 25.9 Å². The number of phenolic OH excluding ortho intramolecular Hbond substituents is 1. The van der Waals surface area contributed by atoms with Crippen molar-refractivity contribution in [2.75, 3.05) is 24.2 Å². The zero-order valence-electron chi connectivity index (χ0n) is 13.1. The Labute approximate surface area is 135 Å². The van der Waals surface area contributed by atoms with Crippen LogP contribution in [-0.4, -0.2) is 45.1 Å². The Hall–Kier alpha value is -1.80. The van der Waals surface area contributed by atoms with Crippen molar-refractivity contribution in [3.8, 4) is 5.75 Å². The maximum Gasteiger partial charge on any atom is 0.338 e. The molecule has 2 N–H and O–H groups in total. The molecule has 1 aliphatic carbocycles. The topological polar surface area (TPSA) is 102 Å². The highest BCUT2D eigenvalue weighted by atomic mass is 32.2. The number of phenols is 1. The predicted octanol–water partition coefficient (Wildman–Crippen LogP) is 1.74. The Morgan fingerprint density at radius 3 is 2.65 bits per heavy atom. The molecule has 0 unspecified atom stereocenters. The van der Waals surface area contributed by atoms with Gasteiger partial charge < -0.3 is 14.6 Å². The maximum atomic E-state index is 12.2. The summed E-state index contributed by atoms with van der Waals surface area (Å²) in [6, 6.07) is 3.90. The van der Waals surface area contributed by atoms with Gasteiger partial charge in [0.1, 0.15) is 5.75 Å². The third kappa shape index (κ3) is 4.84. The summed E-state index contributed by atoms with van der Waals surface area (Å²) in [6.45, 7) is 1.89. The van der Waals surface area contributed by atoms with Crippen LogP contribution in [0, 0.1) is 5.92 Å². The van der Waals surface area contributed by atoms with Gasteiger partial charge in [-0.2, -0.15) is 0 Å². The van der Waals surface area contributed by atoms with Gasteiger partial charge in [-0.15, -0.1) is 0 Å². The monoisotopic (exact) mass is 343 g/mol. The van der Waals surface area contributed by atoms with Crippen LogP contribution in [0.5, 0.6) is 5.75 Å². The Bertz CT molecular complexity index is 669. The van der Waals surface area contributed by atoms with Gasteiger partial charge in [-0.3, -0.25) is 4.72 Å². The highest BCUT2D eigenvalue weighted by Gasteiger charge is 2.34. The normalized spacial score (nSPS) is 15.9. The van der Waals surface area contributed by atoms with E-state index in [-0.39, 0.29) is 41.4 Å². The van der Waals surface area contributed by atoms with Crippen LogP contribution in [0.3, 0.4) is 0 Å². The molecule has 1 aliphatic rings.